The predicted octanol–water partition coefficient (Wildman–Crippen LogP) is 2.93. The van der Waals surface area contributed by atoms with Crippen molar-refractivity contribution in [3.63, 3.8) is 0 Å². The van der Waals surface area contributed by atoms with Gasteiger partial charge in [0, 0.05) is 17.5 Å². The van der Waals surface area contributed by atoms with Crippen molar-refractivity contribution >= 4 is 17.5 Å². The van der Waals surface area contributed by atoms with Gasteiger partial charge in [-0.05, 0) is 32.9 Å². The van der Waals surface area contributed by atoms with Crippen LogP contribution in [0, 0.1) is 0 Å². The van der Waals surface area contributed by atoms with Crippen molar-refractivity contribution in [2.75, 3.05) is 5.32 Å². The van der Waals surface area contributed by atoms with Gasteiger partial charge in [-0.2, -0.15) is 0 Å². The molecule has 0 spiro atoms. The Labute approximate surface area is 101 Å². The minimum Gasteiger partial charge on any atom is -0.314 e. The van der Waals surface area contributed by atoms with E-state index in [1.165, 1.54) is 6.92 Å². The summed E-state index contributed by atoms with van der Waals surface area (Å²) in [6, 6.07) is 6.49. The highest BCUT2D eigenvalue weighted by molar-refractivity contribution is 5.96. The number of amides is 2. The molecule has 2 N–H and O–H groups in total. The number of ketones is 1. The second-order valence-corrected chi connectivity index (χ2v) is 3.96. The number of hydrogen-bond acceptors (Lipinski definition) is 2. The molecule has 0 unspecified atom stereocenters. The molecule has 0 saturated heterocycles. The first-order chi connectivity index (χ1) is 7.99. The van der Waals surface area contributed by atoms with Gasteiger partial charge in [-0.3, -0.25) is 4.79 Å². The highest BCUT2D eigenvalue weighted by Crippen LogP contribution is 2.10. The van der Waals surface area contributed by atoms with Crippen LogP contribution >= 0.6 is 0 Å². The van der Waals surface area contributed by atoms with Crippen LogP contribution < -0.4 is 10.6 Å². The second-order valence-electron chi connectivity index (χ2n) is 3.96. The van der Waals surface area contributed by atoms with E-state index in [0.29, 0.717) is 11.3 Å². The van der Waals surface area contributed by atoms with E-state index in [-0.39, 0.29) is 11.8 Å². The van der Waals surface area contributed by atoms with Crippen molar-refractivity contribution in [3.8, 4) is 0 Å². The van der Waals surface area contributed by atoms with Crippen LogP contribution in [0.1, 0.15) is 31.1 Å². The number of anilines is 1. The fourth-order valence-electron chi connectivity index (χ4n) is 1.19. The lowest BCUT2D eigenvalue weighted by Gasteiger charge is -2.06. The van der Waals surface area contributed by atoms with Crippen LogP contribution in [0.2, 0.25) is 0 Å². The molecule has 90 valence electrons. The molecule has 0 aromatic heterocycles. The Balaban J connectivity index is 2.68. The molecule has 0 heterocycles. The molecule has 0 saturated carbocycles. The Kier molecular flexibility index (Phi) is 4.46. The molecular formula is C13H16N2O2. The van der Waals surface area contributed by atoms with Gasteiger partial charge >= 0.3 is 6.03 Å². The number of rotatable bonds is 3. The summed E-state index contributed by atoms with van der Waals surface area (Å²) in [5.41, 5.74) is 2.17. The number of allylic oxidation sites excluding steroid dienone is 1. The molecule has 4 nitrogen and oxygen atoms in total. The van der Waals surface area contributed by atoms with Gasteiger partial charge in [0.1, 0.15) is 0 Å². The summed E-state index contributed by atoms with van der Waals surface area (Å²) < 4.78 is 0. The van der Waals surface area contributed by atoms with Crippen LogP contribution in [-0.4, -0.2) is 11.8 Å². The van der Waals surface area contributed by atoms with Gasteiger partial charge in [0.05, 0.1) is 0 Å². The molecule has 0 radical (unpaired) electrons. The summed E-state index contributed by atoms with van der Waals surface area (Å²) >= 11 is 0. The molecule has 0 aliphatic rings. The largest absolute Gasteiger partial charge is 0.323 e. The van der Waals surface area contributed by atoms with Crippen molar-refractivity contribution in [2.24, 2.45) is 0 Å². The first kappa shape index (κ1) is 13.0. The molecule has 4 heteroatoms. The zero-order chi connectivity index (χ0) is 12.8. The van der Waals surface area contributed by atoms with E-state index in [9.17, 15) is 9.59 Å². The molecule has 0 aliphatic carbocycles. The van der Waals surface area contributed by atoms with Gasteiger partial charge < -0.3 is 10.6 Å². The van der Waals surface area contributed by atoms with Gasteiger partial charge in [-0.25, -0.2) is 4.79 Å². The van der Waals surface area contributed by atoms with Crippen LogP contribution in [-0.2, 0) is 0 Å². The summed E-state index contributed by atoms with van der Waals surface area (Å²) in [6.45, 7) is 5.26. The van der Waals surface area contributed by atoms with Gasteiger partial charge in [0.15, 0.2) is 5.78 Å². The molecule has 0 aliphatic heterocycles. The molecule has 0 fully saturated rings. The zero-order valence-electron chi connectivity index (χ0n) is 10.2. The molecule has 0 atom stereocenters. The average molecular weight is 232 g/mol. The number of benzene rings is 1. The Morgan fingerprint density at radius 2 is 1.88 bits per heavy atom. The molecule has 17 heavy (non-hydrogen) atoms. The number of carbonyl (C=O) groups excluding carboxylic acids is 2. The third-order valence-corrected chi connectivity index (χ3v) is 2.02. The van der Waals surface area contributed by atoms with Gasteiger partial charge in [-0.1, -0.05) is 17.7 Å². The third kappa shape index (κ3) is 4.51. The van der Waals surface area contributed by atoms with Crippen LogP contribution in [0.15, 0.2) is 36.0 Å². The molecule has 0 bridgehead atoms. The molecule has 1 aromatic rings. The van der Waals surface area contributed by atoms with E-state index in [2.05, 4.69) is 10.6 Å². The van der Waals surface area contributed by atoms with E-state index in [1.807, 2.05) is 13.8 Å². The summed E-state index contributed by atoms with van der Waals surface area (Å²) in [5, 5.41) is 5.23. The van der Waals surface area contributed by atoms with E-state index in [4.69, 9.17) is 0 Å². The number of urea groups is 1. The number of carbonyl (C=O) groups is 2. The topological polar surface area (TPSA) is 58.2 Å². The maximum Gasteiger partial charge on any atom is 0.323 e. The first-order valence-corrected chi connectivity index (χ1v) is 5.31. The average Bonchev–Trinajstić information content (AvgIpc) is 2.26. The van der Waals surface area contributed by atoms with Crippen molar-refractivity contribution in [2.45, 2.75) is 20.8 Å². The van der Waals surface area contributed by atoms with Gasteiger partial charge in [-0.15, -0.1) is 0 Å². The smallest absolute Gasteiger partial charge is 0.314 e. The monoisotopic (exact) mass is 232 g/mol. The molecule has 1 rings (SSSR count). The Hall–Kier alpha value is -2.10. The number of hydrogen-bond donors (Lipinski definition) is 2. The van der Waals surface area contributed by atoms with Gasteiger partial charge in [0.25, 0.3) is 0 Å². The highest BCUT2D eigenvalue weighted by Gasteiger charge is 2.02. The summed E-state index contributed by atoms with van der Waals surface area (Å²) in [7, 11) is 0. The van der Waals surface area contributed by atoms with Crippen molar-refractivity contribution in [1.29, 1.82) is 0 Å². The fraction of sp³-hybridized carbons (Fsp3) is 0.231. The summed E-state index contributed by atoms with van der Waals surface area (Å²) in [5.74, 6) is -0.0293. The number of Topliss-reactive ketones (excluding diaryl/α,β-unsaturated/α-hetero) is 1. The zero-order valence-corrected chi connectivity index (χ0v) is 10.2. The second kappa shape index (κ2) is 5.84. The van der Waals surface area contributed by atoms with Crippen LogP contribution in [0.25, 0.3) is 0 Å². The highest BCUT2D eigenvalue weighted by atomic mass is 16.2. The lowest BCUT2D eigenvalue weighted by molar-refractivity contribution is 0.101. The Morgan fingerprint density at radius 3 is 2.47 bits per heavy atom. The lowest BCUT2D eigenvalue weighted by Crippen LogP contribution is -2.24. The van der Waals surface area contributed by atoms with E-state index in [0.717, 1.165) is 5.57 Å². The maximum atomic E-state index is 11.4. The lowest BCUT2D eigenvalue weighted by atomic mass is 10.1. The molecular weight excluding hydrogens is 216 g/mol. The minimum atomic E-state index is -0.327. The number of nitrogens with one attached hydrogen (secondary N) is 2. The SMILES string of the molecule is CC(=O)c1cccc(NC(=O)NC=C(C)C)c1. The van der Waals surface area contributed by atoms with Crippen LogP contribution in [0.3, 0.4) is 0 Å². The van der Waals surface area contributed by atoms with Gasteiger partial charge in [0.2, 0.25) is 0 Å². The summed E-state index contributed by atoms with van der Waals surface area (Å²) in [4.78, 5) is 22.6. The van der Waals surface area contributed by atoms with E-state index < -0.39 is 0 Å². The third-order valence-electron chi connectivity index (χ3n) is 2.02. The normalized spacial score (nSPS) is 9.35. The summed E-state index contributed by atoms with van der Waals surface area (Å²) in [6.07, 6.45) is 1.62. The Morgan fingerprint density at radius 1 is 1.18 bits per heavy atom. The van der Waals surface area contributed by atoms with Crippen molar-refractivity contribution < 1.29 is 9.59 Å². The quantitative estimate of drug-likeness (QED) is 0.787. The molecule has 2 amide bonds. The fourth-order valence-corrected chi connectivity index (χ4v) is 1.19. The van der Waals surface area contributed by atoms with Crippen LogP contribution in [0.4, 0.5) is 10.5 Å². The maximum absolute atomic E-state index is 11.4. The standard InChI is InChI=1S/C13H16N2O2/c1-9(2)8-14-13(17)15-12-6-4-5-11(7-12)10(3)16/h4-8H,1-3H3,(H2,14,15,17). The predicted molar refractivity (Wildman–Crippen MR) is 68.0 cm³/mol. The minimum absolute atomic E-state index is 0.0293. The Bertz CT molecular complexity index is 460. The molecule has 1 aromatic carbocycles. The van der Waals surface area contributed by atoms with Crippen LogP contribution in [0.5, 0.6) is 0 Å². The van der Waals surface area contributed by atoms with E-state index >= 15 is 0 Å². The van der Waals surface area contributed by atoms with Crippen molar-refractivity contribution in [3.05, 3.63) is 41.6 Å². The van der Waals surface area contributed by atoms with E-state index in [1.54, 1.807) is 30.5 Å². The first-order valence-electron chi connectivity index (χ1n) is 5.31. The van der Waals surface area contributed by atoms with Crippen molar-refractivity contribution in [1.82, 2.24) is 5.32 Å².